The van der Waals surface area contributed by atoms with Crippen LogP contribution < -0.4 is 10.6 Å². The predicted molar refractivity (Wildman–Crippen MR) is 72.8 cm³/mol. The molecule has 2 atom stereocenters. The highest BCUT2D eigenvalue weighted by atomic mass is 15.2. The van der Waals surface area contributed by atoms with Crippen LogP contribution in [0.25, 0.3) is 0 Å². The summed E-state index contributed by atoms with van der Waals surface area (Å²) in [6, 6.07) is 1.24. The van der Waals surface area contributed by atoms with Gasteiger partial charge >= 0.3 is 0 Å². The molecular weight excluding hydrogens is 226 g/mol. The van der Waals surface area contributed by atoms with Crippen molar-refractivity contribution in [2.24, 2.45) is 0 Å². The Kier molecular flexibility index (Phi) is 3.32. The Balaban J connectivity index is 1.67. The Labute approximate surface area is 108 Å². The fraction of sp³-hybridized carbons (Fsp3) is 0.692. The van der Waals surface area contributed by atoms with Gasteiger partial charge in [0.05, 0.1) is 12.4 Å². The van der Waals surface area contributed by atoms with Crippen LogP contribution in [0, 0.1) is 0 Å². The van der Waals surface area contributed by atoms with Gasteiger partial charge in [-0.05, 0) is 32.7 Å². The zero-order chi connectivity index (χ0) is 12.4. The van der Waals surface area contributed by atoms with Gasteiger partial charge < -0.3 is 10.6 Å². The van der Waals surface area contributed by atoms with Crippen molar-refractivity contribution in [1.29, 1.82) is 0 Å². The second-order valence-corrected chi connectivity index (χ2v) is 5.10. The lowest BCUT2D eigenvalue weighted by atomic mass is 10.1. The van der Waals surface area contributed by atoms with Crippen LogP contribution in [-0.4, -0.2) is 46.6 Å². The molecule has 2 saturated heterocycles. The van der Waals surface area contributed by atoms with E-state index in [0.29, 0.717) is 12.1 Å². The normalized spacial score (nSPS) is 27.2. The van der Waals surface area contributed by atoms with E-state index in [4.69, 9.17) is 0 Å². The van der Waals surface area contributed by atoms with E-state index in [-0.39, 0.29) is 0 Å². The van der Waals surface area contributed by atoms with Gasteiger partial charge in [-0.25, -0.2) is 4.98 Å². The van der Waals surface area contributed by atoms with E-state index >= 15 is 0 Å². The molecule has 98 valence electrons. The minimum absolute atomic E-state index is 0.540. The first-order valence-electron chi connectivity index (χ1n) is 6.93. The summed E-state index contributed by atoms with van der Waals surface area (Å²) < 4.78 is 0. The lowest BCUT2D eigenvalue weighted by Gasteiger charge is -2.21. The molecule has 1 aromatic heterocycles. The van der Waals surface area contributed by atoms with Crippen LogP contribution in [0.3, 0.4) is 0 Å². The summed E-state index contributed by atoms with van der Waals surface area (Å²) in [5, 5.41) is 6.75. The number of hydrogen-bond acceptors (Lipinski definition) is 5. The van der Waals surface area contributed by atoms with Crippen LogP contribution in [0.15, 0.2) is 12.4 Å². The zero-order valence-electron chi connectivity index (χ0n) is 10.9. The number of fused-ring (bicyclic) bond motifs is 1. The van der Waals surface area contributed by atoms with Crippen LogP contribution in [0.5, 0.6) is 0 Å². The molecule has 2 aliphatic rings. The van der Waals surface area contributed by atoms with Crippen LogP contribution >= 0.6 is 0 Å². The molecule has 1 aromatic rings. The Hall–Kier alpha value is -1.36. The Morgan fingerprint density at radius 2 is 2.17 bits per heavy atom. The summed E-state index contributed by atoms with van der Waals surface area (Å²) in [5.41, 5.74) is 0. The lowest BCUT2D eigenvalue weighted by Crippen LogP contribution is -2.34. The number of anilines is 2. The highest BCUT2D eigenvalue weighted by molar-refractivity contribution is 5.42. The third-order valence-corrected chi connectivity index (χ3v) is 3.93. The minimum Gasteiger partial charge on any atom is -0.369 e. The van der Waals surface area contributed by atoms with Crippen molar-refractivity contribution in [3.63, 3.8) is 0 Å². The first-order chi connectivity index (χ1) is 8.86. The van der Waals surface area contributed by atoms with Crippen molar-refractivity contribution in [2.75, 3.05) is 30.3 Å². The van der Waals surface area contributed by atoms with E-state index < -0.39 is 0 Å². The molecule has 3 heterocycles. The summed E-state index contributed by atoms with van der Waals surface area (Å²) in [6.45, 7) is 5.43. The van der Waals surface area contributed by atoms with Crippen molar-refractivity contribution >= 4 is 11.6 Å². The van der Waals surface area contributed by atoms with Gasteiger partial charge in [0.25, 0.3) is 0 Å². The Bertz CT molecular complexity index is 408. The molecular formula is C13H21N5. The van der Waals surface area contributed by atoms with E-state index in [1.54, 1.807) is 6.20 Å². The quantitative estimate of drug-likeness (QED) is 0.845. The van der Waals surface area contributed by atoms with Gasteiger partial charge in [-0.1, -0.05) is 0 Å². The second-order valence-electron chi connectivity index (χ2n) is 5.10. The summed E-state index contributed by atoms with van der Waals surface area (Å²) in [5.74, 6) is 1.75. The molecule has 0 bridgehead atoms. The van der Waals surface area contributed by atoms with Gasteiger partial charge in [-0.15, -0.1) is 0 Å². The summed E-state index contributed by atoms with van der Waals surface area (Å²) in [7, 11) is 0. The molecule has 2 N–H and O–H groups in total. The fourth-order valence-electron chi connectivity index (χ4n) is 3.14. The first-order valence-corrected chi connectivity index (χ1v) is 6.93. The van der Waals surface area contributed by atoms with Gasteiger partial charge in [-0.2, -0.15) is 0 Å². The molecule has 0 aliphatic carbocycles. The van der Waals surface area contributed by atoms with Crippen LogP contribution in [0.2, 0.25) is 0 Å². The van der Waals surface area contributed by atoms with Crippen molar-refractivity contribution < 1.29 is 0 Å². The highest BCUT2D eigenvalue weighted by Crippen LogP contribution is 2.29. The molecule has 0 radical (unpaired) electrons. The van der Waals surface area contributed by atoms with Gasteiger partial charge in [0.2, 0.25) is 0 Å². The molecule has 0 amide bonds. The van der Waals surface area contributed by atoms with Crippen LogP contribution in [0.1, 0.15) is 26.2 Å². The molecule has 0 spiro atoms. The molecule has 0 aromatic carbocycles. The standard InChI is InChI=1S/C13H21N5/c1-2-15-12-8-14-9-13(17-12)16-10-5-7-18-6-3-4-11(10)18/h8-11H,2-7H2,1H3,(H2,15,16,17). The Morgan fingerprint density at radius 3 is 3.06 bits per heavy atom. The summed E-state index contributed by atoms with van der Waals surface area (Å²) in [4.78, 5) is 11.4. The maximum absolute atomic E-state index is 4.54. The summed E-state index contributed by atoms with van der Waals surface area (Å²) in [6.07, 6.45) is 7.46. The summed E-state index contributed by atoms with van der Waals surface area (Å²) >= 11 is 0. The smallest absolute Gasteiger partial charge is 0.147 e. The number of rotatable bonds is 4. The molecule has 5 nitrogen and oxygen atoms in total. The SMILES string of the molecule is CCNc1cncc(NC2CCN3CCCC23)n1. The average molecular weight is 247 g/mol. The lowest BCUT2D eigenvalue weighted by molar-refractivity contribution is 0.318. The topological polar surface area (TPSA) is 53.1 Å². The second kappa shape index (κ2) is 5.10. The molecule has 5 heteroatoms. The minimum atomic E-state index is 0.540. The van der Waals surface area contributed by atoms with Crippen molar-refractivity contribution in [1.82, 2.24) is 14.9 Å². The van der Waals surface area contributed by atoms with Crippen molar-refractivity contribution in [2.45, 2.75) is 38.3 Å². The molecule has 18 heavy (non-hydrogen) atoms. The molecule has 2 unspecified atom stereocenters. The maximum atomic E-state index is 4.54. The van der Waals surface area contributed by atoms with Gasteiger partial charge in [0.1, 0.15) is 11.6 Å². The highest BCUT2D eigenvalue weighted by Gasteiger charge is 2.37. The largest absolute Gasteiger partial charge is 0.369 e. The van der Waals surface area contributed by atoms with Crippen molar-refractivity contribution in [3.05, 3.63) is 12.4 Å². The van der Waals surface area contributed by atoms with E-state index in [9.17, 15) is 0 Å². The molecule has 0 saturated carbocycles. The zero-order valence-corrected chi connectivity index (χ0v) is 10.9. The first kappa shape index (κ1) is 11.7. The van der Waals surface area contributed by atoms with Crippen LogP contribution in [-0.2, 0) is 0 Å². The monoisotopic (exact) mass is 247 g/mol. The van der Waals surface area contributed by atoms with Gasteiger partial charge in [-0.3, -0.25) is 9.88 Å². The van der Waals surface area contributed by atoms with E-state index in [1.807, 2.05) is 6.20 Å². The maximum Gasteiger partial charge on any atom is 0.147 e. The predicted octanol–water partition coefficient (Wildman–Crippen LogP) is 1.56. The molecule has 3 rings (SSSR count). The Morgan fingerprint density at radius 1 is 1.28 bits per heavy atom. The van der Waals surface area contributed by atoms with E-state index in [0.717, 1.165) is 18.2 Å². The average Bonchev–Trinajstić information content (AvgIpc) is 2.95. The third kappa shape index (κ3) is 2.27. The number of hydrogen-bond donors (Lipinski definition) is 2. The number of aromatic nitrogens is 2. The number of nitrogens with one attached hydrogen (secondary N) is 2. The van der Waals surface area contributed by atoms with E-state index in [2.05, 4.69) is 32.4 Å². The fourth-order valence-corrected chi connectivity index (χ4v) is 3.14. The molecule has 2 fully saturated rings. The van der Waals surface area contributed by atoms with Crippen LogP contribution in [0.4, 0.5) is 11.6 Å². The molecule has 2 aliphatic heterocycles. The van der Waals surface area contributed by atoms with Gasteiger partial charge in [0.15, 0.2) is 0 Å². The van der Waals surface area contributed by atoms with E-state index in [1.165, 1.54) is 32.4 Å². The number of nitrogens with zero attached hydrogens (tertiary/aromatic N) is 3. The van der Waals surface area contributed by atoms with Crippen molar-refractivity contribution in [3.8, 4) is 0 Å². The van der Waals surface area contributed by atoms with Gasteiger partial charge in [0, 0.05) is 25.2 Å². The third-order valence-electron chi connectivity index (χ3n) is 3.93.